The van der Waals surface area contributed by atoms with E-state index >= 15 is 0 Å². The van der Waals surface area contributed by atoms with Crippen LogP contribution in [0.2, 0.25) is 0 Å². The molecular weight excluding hydrogens is 342 g/mol. The van der Waals surface area contributed by atoms with Gasteiger partial charge in [-0.1, -0.05) is 15.9 Å². The molecule has 0 amide bonds. The Kier molecular flexibility index (Phi) is 4.57. The van der Waals surface area contributed by atoms with Crippen LogP contribution in [0.15, 0.2) is 16.6 Å². The van der Waals surface area contributed by atoms with Crippen LogP contribution in [0.1, 0.15) is 26.5 Å². The first-order valence-corrected chi connectivity index (χ1v) is 7.54. The Morgan fingerprint density at radius 2 is 2.00 bits per heavy atom. The van der Waals surface area contributed by atoms with Crippen LogP contribution in [-0.2, 0) is 11.3 Å². The van der Waals surface area contributed by atoms with Gasteiger partial charge in [0.25, 0.3) is 0 Å². The van der Waals surface area contributed by atoms with E-state index in [4.69, 9.17) is 4.74 Å². The van der Waals surface area contributed by atoms with E-state index in [9.17, 15) is 9.90 Å². The van der Waals surface area contributed by atoms with Crippen molar-refractivity contribution in [2.75, 3.05) is 7.11 Å². The highest BCUT2D eigenvalue weighted by molar-refractivity contribution is 9.10. The minimum atomic E-state index is -0.966. The van der Waals surface area contributed by atoms with Gasteiger partial charge in [-0.3, -0.25) is 0 Å². The van der Waals surface area contributed by atoms with Crippen molar-refractivity contribution in [3.8, 4) is 10.6 Å². The van der Waals surface area contributed by atoms with Crippen molar-refractivity contribution in [2.24, 2.45) is 0 Å². The molecule has 0 fully saturated rings. The number of aromatic carboxylic acids is 1. The fourth-order valence-electron chi connectivity index (χ4n) is 1.95. The fourth-order valence-corrected chi connectivity index (χ4v) is 3.07. The van der Waals surface area contributed by atoms with Crippen molar-refractivity contribution in [3.05, 3.63) is 38.3 Å². The molecule has 0 saturated heterocycles. The molecule has 2 aromatic rings. The van der Waals surface area contributed by atoms with Gasteiger partial charge in [-0.15, -0.1) is 11.3 Å². The number of carboxylic acids is 1. The predicted molar refractivity (Wildman–Crippen MR) is 82.4 cm³/mol. The summed E-state index contributed by atoms with van der Waals surface area (Å²) in [4.78, 5) is 15.9. The topological polar surface area (TPSA) is 59.4 Å². The van der Waals surface area contributed by atoms with Crippen LogP contribution >= 0.6 is 27.3 Å². The van der Waals surface area contributed by atoms with Crippen LogP contribution in [-0.4, -0.2) is 23.2 Å². The number of hydrogen-bond donors (Lipinski definition) is 1. The summed E-state index contributed by atoms with van der Waals surface area (Å²) in [5, 5.41) is 9.92. The van der Waals surface area contributed by atoms with Crippen molar-refractivity contribution in [2.45, 2.75) is 20.5 Å². The van der Waals surface area contributed by atoms with E-state index in [0.29, 0.717) is 10.7 Å². The number of thiazole rings is 1. The Balaban J connectivity index is 2.53. The second kappa shape index (κ2) is 6.03. The molecule has 0 saturated carbocycles. The summed E-state index contributed by atoms with van der Waals surface area (Å²) in [6.45, 7) is 4.21. The number of aryl methyl sites for hydroxylation is 2. The number of ether oxygens (including phenoxy) is 1. The number of carboxylic acid groups (broad SMARTS) is 1. The number of benzene rings is 1. The lowest BCUT2D eigenvalue weighted by Gasteiger charge is -2.05. The lowest BCUT2D eigenvalue weighted by atomic mass is 10.1. The third-order valence-electron chi connectivity index (χ3n) is 2.86. The first-order valence-electron chi connectivity index (χ1n) is 5.93. The first kappa shape index (κ1) is 15.2. The van der Waals surface area contributed by atoms with Gasteiger partial charge in [0.1, 0.15) is 9.88 Å². The summed E-state index contributed by atoms with van der Waals surface area (Å²) in [6.07, 6.45) is 0. The van der Waals surface area contributed by atoms with E-state index in [1.165, 1.54) is 18.4 Å². The van der Waals surface area contributed by atoms with E-state index in [2.05, 4.69) is 20.9 Å². The minimum absolute atomic E-state index is 0.201. The average molecular weight is 356 g/mol. The molecule has 0 aliphatic rings. The Hall–Kier alpha value is -1.24. The molecule has 1 N–H and O–H groups in total. The molecule has 0 bridgehead atoms. The highest BCUT2D eigenvalue weighted by atomic mass is 79.9. The van der Waals surface area contributed by atoms with Gasteiger partial charge in [-0.25, -0.2) is 9.78 Å². The maximum atomic E-state index is 11.2. The zero-order valence-electron chi connectivity index (χ0n) is 11.4. The molecule has 1 aromatic heterocycles. The van der Waals surface area contributed by atoms with E-state index in [1.807, 2.05) is 26.0 Å². The summed E-state index contributed by atoms with van der Waals surface area (Å²) in [5.74, 6) is -0.966. The van der Waals surface area contributed by atoms with Crippen molar-refractivity contribution in [3.63, 3.8) is 0 Å². The normalized spacial score (nSPS) is 10.8. The van der Waals surface area contributed by atoms with Crippen molar-refractivity contribution >= 4 is 33.2 Å². The summed E-state index contributed by atoms with van der Waals surface area (Å²) in [7, 11) is 1.53. The molecule has 0 aliphatic carbocycles. The smallest absolute Gasteiger partial charge is 0.347 e. The SMILES string of the molecule is COCc1nc(-c2cc(C)c(Br)c(C)c2)sc1C(=O)O. The highest BCUT2D eigenvalue weighted by Crippen LogP contribution is 2.32. The van der Waals surface area contributed by atoms with Gasteiger partial charge in [-0.2, -0.15) is 0 Å². The Morgan fingerprint density at radius 3 is 2.50 bits per heavy atom. The average Bonchev–Trinajstić information content (AvgIpc) is 2.80. The Labute approximate surface area is 129 Å². The van der Waals surface area contributed by atoms with Crippen LogP contribution in [0.25, 0.3) is 10.6 Å². The molecular formula is C14H14BrNO3S. The van der Waals surface area contributed by atoms with Gasteiger partial charge in [0.2, 0.25) is 0 Å². The quantitative estimate of drug-likeness (QED) is 0.899. The van der Waals surface area contributed by atoms with Crippen LogP contribution in [0.4, 0.5) is 0 Å². The Morgan fingerprint density at radius 1 is 1.40 bits per heavy atom. The summed E-state index contributed by atoms with van der Waals surface area (Å²) >= 11 is 4.70. The molecule has 2 rings (SSSR count). The molecule has 20 heavy (non-hydrogen) atoms. The maximum Gasteiger partial charge on any atom is 0.347 e. The maximum absolute atomic E-state index is 11.2. The van der Waals surface area contributed by atoms with E-state index in [0.717, 1.165) is 21.2 Å². The molecule has 1 heterocycles. The summed E-state index contributed by atoms with van der Waals surface area (Å²) in [5.41, 5.74) is 3.59. The molecule has 0 radical (unpaired) electrons. The lowest BCUT2D eigenvalue weighted by Crippen LogP contribution is -1.99. The third-order valence-corrected chi connectivity index (χ3v) is 5.24. The van der Waals surface area contributed by atoms with Gasteiger partial charge in [0, 0.05) is 17.1 Å². The van der Waals surface area contributed by atoms with E-state index < -0.39 is 5.97 Å². The van der Waals surface area contributed by atoms with Gasteiger partial charge in [0.15, 0.2) is 0 Å². The number of methoxy groups -OCH3 is 1. The molecule has 1 aromatic carbocycles. The highest BCUT2D eigenvalue weighted by Gasteiger charge is 2.18. The molecule has 4 nitrogen and oxygen atoms in total. The summed E-state index contributed by atoms with van der Waals surface area (Å²) in [6, 6.07) is 4.00. The number of nitrogens with zero attached hydrogens (tertiary/aromatic N) is 1. The number of rotatable bonds is 4. The molecule has 0 spiro atoms. The van der Waals surface area contributed by atoms with Gasteiger partial charge >= 0.3 is 5.97 Å². The van der Waals surface area contributed by atoms with E-state index in [1.54, 1.807) is 0 Å². The molecule has 0 atom stereocenters. The van der Waals surface area contributed by atoms with Crippen LogP contribution < -0.4 is 0 Å². The largest absolute Gasteiger partial charge is 0.477 e. The molecule has 0 unspecified atom stereocenters. The number of carbonyl (C=O) groups is 1. The number of aromatic nitrogens is 1. The zero-order valence-corrected chi connectivity index (χ0v) is 13.8. The zero-order chi connectivity index (χ0) is 14.9. The van der Waals surface area contributed by atoms with Gasteiger partial charge < -0.3 is 9.84 Å². The van der Waals surface area contributed by atoms with E-state index in [-0.39, 0.29) is 11.5 Å². The van der Waals surface area contributed by atoms with Gasteiger partial charge in [-0.05, 0) is 37.1 Å². The monoisotopic (exact) mass is 355 g/mol. The third kappa shape index (κ3) is 2.92. The van der Waals surface area contributed by atoms with Gasteiger partial charge in [0.05, 0.1) is 12.3 Å². The Bertz CT molecular complexity index is 643. The summed E-state index contributed by atoms with van der Waals surface area (Å²) < 4.78 is 6.07. The van der Waals surface area contributed by atoms with Crippen LogP contribution in [0.3, 0.4) is 0 Å². The second-order valence-electron chi connectivity index (χ2n) is 4.46. The fraction of sp³-hybridized carbons (Fsp3) is 0.286. The second-order valence-corrected chi connectivity index (χ2v) is 6.25. The van der Waals surface area contributed by atoms with Crippen molar-refractivity contribution in [1.29, 1.82) is 0 Å². The number of hydrogen-bond acceptors (Lipinski definition) is 4. The predicted octanol–water partition coefficient (Wildman–Crippen LogP) is 4.03. The lowest BCUT2D eigenvalue weighted by molar-refractivity contribution is 0.0697. The van der Waals surface area contributed by atoms with Crippen molar-refractivity contribution in [1.82, 2.24) is 4.98 Å². The standard InChI is InChI=1S/C14H14BrNO3S/c1-7-4-9(5-8(2)11(7)15)13-16-10(6-19-3)12(20-13)14(17)18/h4-5H,6H2,1-3H3,(H,17,18). The molecule has 0 aliphatic heterocycles. The number of halogens is 1. The molecule has 6 heteroatoms. The minimum Gasteiger partial charge on any atom is -0.477 e. The first-order chi connectivity index (χ1) is 9.43. The van der Waals surface area contributed by atoms with Crippen LogP contribution in [0, 0.1) is 13.8 Å². The molecule has 106 valence electrons. The van der Waals surface area contributed by atoms with Crippen molar-refractivity contribution < 1.29 is 14.6 Å². The van der Waals surface area contributed by atoms with Crippen LogP contribution in [0.5, 0.6) is 0 Å².